The van der Waals surface area contributed by atoms with Crippen molar-refractivity contribution in [2.24, 2.45) is 0 Å². The van der Waals surface area contributed by atoms with Crippen molar-refractivity contribution in [3.05, 3.63) is 57.2 Å². The zero-order chi connectivity index (χ0) is 24.1. The fraction of sp³-hybridized carbons (Fsp3) is 0.304. The molecule has 3 amide bonds. The second kappa shape index (κ2) is 11.0. The third-order valence-corrected chi connectivity index (χ3v) is 6.67. The third kappa shape index (κ3) is 5.60. The van der Waals surface area contributed by atoms with Crippen LogP contribution in [0, 0.1) is 0 Å². The Morgan fingerprint density at radius 1 is 1.26 bits per heavy atom. The average molecular weight is 548 g/mol. The van der Waals surface area contributed by atoms with Gasteiger partial charge in [0.15, 0.2) is 11.5 Å². The zero-order valence-corrected chi connectivity index (χ0v) is 20.8. The molecule has 0 bridgehead atoms. The van der Waals surface area contributed by atoms with Crippen LogP contribution in [-0.2, 0) is 20.9 Å². The third-order valence-electron chi connectivity index (χ3n) is 5.17. The average Bonchev–Trinajstić information content (AvgIpc) is 3.11. The maximum Gasteiger partial charge on any atom is 0.294 e. The molecule has 2 fully saturated rings. The standard InChI is InChI=1S/C23H22BrN3O6S/c1-31-18-11-15(10-17(24)21(18)33-14-16-4-2-3-5-25-16)12-19-22(29)27(23(30)34-19)13-20(28)26-6-8-32-9-7-26/h2-5,10-12H,6-9,13-14H2,1H3/b19-12+. The van der Waals surface area contributed by atoms with Crippen LogP contribution in [-0.4, -0.2) is 71.8 Å². The van der Waals surface area contributed by atoms with E-state index in [1.165, 1.54) is 7.11 Å². The van der Waals surface area contributed by atoms with E-state index in [-0.39, 0.29) is 24.0 Å². The molecule has 1 aromatic carbocycles. The Hall–Kier alpha value is -2.89. The number of halogens is 1. The molecule has 0 aliphatic carbocycles. The lowest BCUT2D eigenvalue weighted by atomic mass is 10.2. The normalized spacial score (nSPS) is 17.4. The first kappa shape index (κ1) is 24.2. The van der Waals surface area contributed by atoms with Crippen molar-refractivity contribution in [2.75, 3.05) is 40.0 Å². The molecule has 0 saturated carbocycles. The van der Waals surface area contributed by atoms with Gasteiger partial charge in [-0.25, -0.2) is 0 Å². The largest absolute Gasteiger partial charge is 0.493 e. The van der Waals surface area contributed by atoms with Gasteiger partial charge in [-0.1, -0.05) is 6.07 Å². The zero-order valence-electron chi connectivity index (χ0n) is 18.4. The number of morpholine rings is 1. The van der Waals surface area contributed by atoms with Crippen LogP contribution in [0.25, 0.3) is 6.08 Å². The smallest absolute Gasteiger partial charge is 0.294 e. The van der Waals surface area contributed by atoms with Crippen molar-refractivity contribution < 1.29 is 28.6 Å². The van der Waals surface area contributed by atoms with E-state index in [9.17, 15) is 14.4 Å². The summed E-state index contributed by atoms with van der Waals surface area (Å²) in [5, 5.41) is -0.473. The molecule has 11 heteroatoms. The molecule has 2 aliphatic rings. The maximum atomic E-state index is 12.9. The molecule has 4 rings (SSSR count). The summed E-state index contributed by atoms with van der Waals surface area (Å²) in [6.45, 7) is 1.78. The van der Waals surface area contributed by atoms with Crippen molar-refractivity contribution in [1.29, 1.82) is 0 Å². The molecule has 2 aromatic rings. The number of thioether (sulfide) groups is 1. The van der Waals surface area contributed by atoms with Crippen LogP contribution in [0.15, 0.2) is 45.9 Å². The Labute approximate surface area is 209 Å². The highest BCUT2D eigenvalue weighted by atomic mass is 79.9. The fourth-order valence-corrected chi connectivity index (χ4v) is 4.84. The summed E-state index contributed by atoms with van der Waals surface area (Å²) in [7, 11) is 1.52. The molecule has 1 aromatic heterocycles. The van der Waals surface area contributed by atoms with Gasteiger partial charge in [-0.3, -0.25) is 24.3 Å². The van der Waals surface area contributed by atoms with Gasteiger partial charge in [0, 0.05) is 19.3 Å². The van der Waals surface area contributed by atoms with E-state index in [0.717, 1.165) is 22.4 Å². The molecule has 0 unspecified atom stereocenters. The second-order valence-electron chi connectivity index (χ2n) is 7.40. The van der Waals surface area contributed by atoms with Gasteiger partial charge < -0.3 is 19.1 Å². The number of nitrogens with zero attached hydrogens (tertiary/aromatic N) is 3. The summed E-state index contributed by atoms with van der Waals surface area (Å²) in [6, 6.07) is 9.04. The quantitative estimate of drug-likeness (QED) is 0.487. The molecule has 0 radical (unpaired) electrons. The first-order valence-electron chi connectivity index (χ1n) is 10.5. The molecule has 2 saturated heterocycles. The van der Waals surface area contributed by atoms with Crippen molar-refractivity contribution in [1.82, 2.24) is 14.8 Å². The lowest BCUT2D eigenvalue weighted by Crippen LogP contribution is -2.46. The Bertz CT molecular complexity index is 1120. The van der Waals surface area contributed by atoms with Gasteiger partial charge in [-0.05, 0) is 63.6 Å². The summed E-state index contributed by atoms with van der Waals surface area (Å²) in [6.07, 6.45) is 3.29. The molecule has 0 N–H and O–H groups in total. The number of amides is 3. The number of hydrogen-bond donors (Lipinski definition) is 0. The van der Waals surface area contributed by atoms with Crippen molar-refractivity contribution in [2.45, 2.75) is 6.61 Å². The highest BCUT2D eigenvalue weighted by molar-refractivity contribution is 9.10. The van der Waals surface area contributed by atoms with E-state index in [0.29, 0.717) is 47.8 Å². The molecule has 9 nitrogen and oxygen atoms in total. The van der Waals surface area contributed by atoms with Crippen molar-refractivity contribution >= 4 is 50.8 Å². The molecule has 34 heavy (non-hydrogen) atoms. The SMILES string of the molecule is COc1cc(/C=C2/SC(=O)N(CC(=O)N3CCOCC3)C2=O)cc(Br)c1OCc1ccccn1. The number of ether oxygens (including phenoxy) is 3. The van der Waals surface area contributed by atoms with Crippen LogP contribution < -0.4 is 9.47 Å². The van der Waals surface area contributed by atoms with E-state index in [2.05, 4.69) is 20.9 Å². The molecule has 0 spiro atoms. The number of imide groups is 1. The Morgan fingerprint density at radius 2 is 2.06 bits per heavy atom. The van der Waals surface area contributed by atoms with E-state index in [1.807, 2.05) is 18.2 Å². The minimum Gasteiger partial charge on any atom is -0.493 e. The summed E-state index contributed by atoms with van der Waals surface area (Å²) in [4.78, 5) is 44.8. The Kier molecular flexibility index (Phi) is 7.86. The number of aromatic nitrogens is 1. The second-order valence-corrected chi connectivity index (χ2v) is 9.25. The summed E-state index contributed by atoms with van der Waals surface area (Å²) in [5.74, 6) is 0.181. The highest BCUT2D eigenvalue weighted by Gasteiger charge is 2.37. The van der Waals surface area contributed by atoms with E-state index >= 15 is 0 Å². The number of carbonyl (C=O) groups is 3. The molecule has 178 valence electrons. The lowest BCUT2D eigenvalue weighted by Gasteiger charge is -2.28. The molecular weight excluding hydrogens is 526 g/mol. The van der Waals surface area contributed by atoms with E-state index in [1.54, 1.807) is 29.3 Å². The van der Waals surface area contributed by atoms with Gasteiger partial charge >= 0.3 is 0 Å². The Morgan fingerprint density at radius 3 is 2.76 bits per heavy atom. The van der Waals surface area contributed by atoms with E-state index < -0.39 is 11.1 Å². The number of benzene rings is 1. The monoisotopic (exact) mass is 547 g/mol. The number of hydrogen-bond acceptors (Lipinski definition) is 8. The van der Waals surface area contributed by atoms with Gasteiger partial charge in [0.2, 0.25) is 5.91 Å². The Balaban J connectivity index is 1.48. The maximum absolute atomic E-state index is 12.9. The highest BCUT2D eigenvalue weighted by Crippen LogP contribution is 2.39. The van der Waals surface area contributed by atoms with Crippen molar-refractivity contribution in [3.8, 4) is 11.5 Å². The number of pyridine rings is 1. The van der Waals surface area contributed by atoms with E-state index in [4.69, 9.17) is 14.2 Å². The molecule has 2 aliphatic heterocycles. The van der Waals surface area contributed by atoms with Gasteiger partial charge in [-0.2, -0.15) is 0 Å². The van der Waals surface area contributed by atoms with Crippen LogP contribution in [0.2, 0.25) is 0 Å². The van der Waals surface area contributed by atoms with Crippen LogP contribution in [0.4, 0.5) is 4.79 Å². The summed E-state index contributed by atoms with van der Waals surface area (Å²) < 4.78 is 17.2. The van der Waals surface area contributed by atoms with Gasteiger partial charge in [0.1, 0.15) is 13.2 Å². The first-order valence-corrected chi connectivity index (χ1v) is 12.1. The first-order chi connectivity index (χ1) is 16.5. The number of carbonyl (C=O) groups excluding carboxylic acids is 3. The van der Waals surface area contributed by atoms with Gasteiger partial charge in [0.25, 0.3) is 11.1 Å². The number of rotatable bonds is 7. The number of methoxy groups -OCH3 is 1. The molecular formula is C23H22BrN3O6S. The summed E-state index contributed by atoms with van der Waals surface area (Å²) >= 11 is 4.30. The van der Waals surface area contributed by atoms with Gasteiger partial charge in [-0.15, -0.1) is 0 Å². The van der Waals surface area contributed by atoms with Crippen LogP contribution in [0.3, 0.4) is 0 Å². The topological polar surface area (TPSA) is 98.3 Å². The summed E-state index contributed by atoms with van der Waals surface area (Å²) in [5.41, 5.74) is 1.40. The fourth-order valence-electron chi connectivity index (χ4n) is 3.43. The van der Waals surface area contributed by atoms with Crippen LogP contribution in [0.1, 0.15) is 11.3 Å². The predicted octanol–water partition coefficient (Wildman–Crippen LogP) is 3.33. The lowest BCUT2D eigenvalue weighted by molar-refractivity contribution is -0.139. The molecule has 3 heterocycles. The van der Waals surface area contributed by atoms with Crippen LogP contribution in [0.5, 0.6) is 11.5 Å². The molecule has 0 atom stereocenters. The van der Waals surface area contributed by atoms with Gasteiger partial charge in [0.05, 0.1) is 35.4 Å². The predicted molar refractivity (Wildman–Crippen MR) is 129 cm³/mol. The van der Waals surface area contributed by atoms with Crippen LogP contribution >= 0.6 is 27.7 Å². The van der Waals surface area contributed by atoms with Crippen molar-refractivity contribution in [3.63, 3.8) is 0 Å². The minimum absolute atomic E-state index is 0.232. The minimum atomic E-state index is -0.498.